The van der Waals surface area contributed by atoms with E-state index in [0.29, 0.717) is 17.9 Å². The van der Waals surface area contributed by atoms with Gasteiger partial charge in [-0.25, -0.2) is 4.79 Å². The molecule has 0 spiro atoms. The predicted molar refractivity (Wildman–Crippen MR) is 124 cm³/mol. The Hall–Kier alpha value is -2.55. The summed E-state index contributed by atoms with van der Waals surface area (Å²) in [4.78, 5) is 11.6. The summed E-state index contributed by atoms with van der Waals surface area (Å²) in [7, 11) is 0. The number of hydrogen-bond donors (Lipinski definition) is 1. The monoisotopic (exact) mass is 406 g/mol. The number of benzene rings is 2. The fraction of sp³-hybridized carbons (Fsp3) is 0.444. The molecule has 3 rings (SSSR count). The van der Waals surface area contributed by atoms with Crippen molar-refractivity contribution in [1.29, 1.82) is 0 Å². The average Bonchev–Trinajstić information content (AvgIpc) is 2.69. The third kappa shape index (κ3) is 4.03. The van der Waals surface area contributed by atoms with Crippen LogP contribution in [-0.4, -0.2) is 17.7 Å². The van der Waals surface area contributed by atoms with Crippen molar-refractivity contribution in [3.8, 4) is 16.9 Å². The van der Waals surface area contributed by atoms with Crippen LogP contribution >= 0.6 is 0 Å². The maximum atomic E-state index is 11.6. The van der Waals surface area contributed by atoms with Gasteiger partial charge in [0.2, 0.25) is 0 Å². The van der Waals surface area contributed by atoms with E-state index in [4.69, 9.17) is 4.74 Å². The molecular formula is C27H34O3. The Labute approximate surface area is 180 Å². The summed E-state index contributed by atoms with van der Waals surface area (Å²) in [6, 6.07) is 10.5. The van der Waals surface area contributed by atoms with E-state index < -0.39 is 5.97 Å². The summed E-state index contributed by atoms with van der Waals surface area (Å²) in [5.41, 5.74) is 7.04. The Morgan fingerprint density at radius 1 is 1.07 bits per heavy atom. The van der Waals surface area contributed by atoms with Crippen LogP contribution in [0.3, 0.4) is 0 Å². The van der Waals surface area contributed by atoms with Gasteiger partial charge in [-0.3, -0.25) is 0 Å². The van der Waals surface area contributed by atoms with Crippen molar-refractivity contribution >= 4 is 11.5 Å². The zero-order valence-electron chi connectivity index (χ0n) is 19.2. The second-order valence-corrected chi connectivity index (χ2v) is 9.82. The summed E-state index contributed by atoms with van der Waals surface area (Å²) in [6.45, 7) is 17.8. The maximum Gasteiger partial charge on any atom is 0.335 e. The Bertz CT molecular complexity index is 995. The first kappa shape index (κ1) is 22.1. The minimum Gasteiger partial charge on any atom is -0.493 e. The lowest BCUT2D eigenvalue weighted by molar-refractivity contribution is -0.130. The predicted octanol–water partition coefficient (Wildman–Crippen LogP) is 6.90. The molecule has 3 nitrogen and oxygen atoms in total. The van der Waals surface area contributed by atoms with Crippen molar-refractivity contribution < 1.29 is 14.6 Å². The standard InChI is InChI=1S/C27H34O3/c1-8-13-30-24-10-9-19(15-21(24)18(3)25(28)29)20-16-23-22(14-17(20)2)26(4,5)11-12-27(23,6)7/h9-10,14-16H,3,8,11-13H2,1-2,4-7H3,(H,28,29). The number of aliphatic carboxylic acids is 1. The fourth-order valence-corrected chi connectivity index (χ4v) is 4.42. The first-order valence-corrected chi connectivity index (χ1v) is 10.8. The van der Waals surface area contributed by atoms with Gasteiger partial charge in [0, 0.05) is 5.56 Å². The quantitative estimate of drug-likeness (QED) is 0.531. The first-order chi connectivity index (χ1) is 14.0. The molecule has 1 aliphatic rings. The highest BCUT2D eigenvalue weighted by molar-refractivity contribution is 6.15. The molecule has 30 heavy (non-hydrogen) atoms. The molecule has 0 amide bonds. The summed E-state index contributed by atoms with van der Waals surface area (Å²) in [5, 5.41) is 9.53. The molecule has 0 saturated carbocycles. The summed E-state index contributed by atoms with van der Waals surface area (Å²) in [5.74, 6) is -0.455. The van der Waals surface area contributed by atoms with Crippen LogP contribution in [0, 0.1) is 6.92 Å². The molecule has 0 saturated heterocycles. The smallest absolute Gasteiger partial charge is 0.335 e. The van der Waals surface area contributed by atoms with Gasteiger partial charge in [-0.1, -0.05) is 59.4 Å². The lowest BCUT2D eigenvalue weighted by Crippen LogP contribution is -2.34. The highest BCUT2D eigenvalue weighted by atomic mass is 16.5. The van der Waals surface area contributed by atoms with Crippen LogP contribution in [0.1, 0.15) is 76.1 Å². The van der Waals surface area contributed by atoms with E-state index in [2.05, 4.69) is 53.3 Å². The fourth-order valence-electron chi connectivity index (χ4n) is 4.42. The van der Waals surface area contributed by atoms with Gasteiger partial charge in [0.05, 0.1) is 12.2 Å². The second kappa shape index (κ2) is 7.94. The molecule has 2 aromatic rings. The third-order valence-corrected chi connectivity index (χ3v) is 6.53. The van der Waals surface area contributed by atoms with Crippen molar-refractivity contribution in [2.45, 2.75) is 71.6 Å². The molecule has 160 valence electrons. The van der Waals surface area contributed by atoms with E-state index in [0.717, 1.165) is 24.0 Å². The van der Waals surface area contributed by atoms with Gasteiger partial charge in [-0.2, -0.15) is 0 Å². The Kier molecular flexibility index (Phi) is 5.86. The van der Waals surface area contributed by atoms with Crippen molar-refractivity contribution in [2.75, 3.05) is 6.61 Å². The summed E-state index contributed by atoms with van der Waals surface area (Å²) in [6.07, 6.45) is 3.19. The van der Waals surface area contributed by atoms with Crippen LogP contribution in [0.15, 0.2) is 36.9 Å². The van der Waals surface area contributed by atoms with Gasteiger partial charge in [0.25, 0.3) is 0 Å². The van der Waals surface area contributed by atoms with Crippen molar-refractivity contribution in [1.82, 2.24) is 0 Å². The highest BCUT2D eigenvalue weighted by Gasteiger charge is 2.37. The van der Waals surface area contributed by atoms with Crippen LogP contribution < -0.4 is 4.74 Å². The van der Waals surface area contributed by atoms with Crippen LogP contribution in [0.2, 0.25) is 0 Å². The summed E-state index contributed by atoms with van der Waals surface area (Å²) >= 11 is 0. The van der Waals surface area contributed by atoms with Crippen molar-refractivity contribution in [2.24, 2.45) is 0 Å². The average molecular weight is 407 g/mol. The van der Waals surface area contributed by atoms with E-state index in [1.54, 1.807) is 0 Å². The molecule has 3 heteroatoms. The number of hydrogen-bond acceptors (Lipinski definition) is 2. The molecule has 0 unspecified atom stereocenters. The van der Waals surface area contributed by atoms with Crippen molar-refractivity contribution in [3.63, 3.8) is 0 Å². The van der Waals surface area contributed by atoms with E-state index in [9.17, 15) is 9.90 Å². The zero-order valence-corrected chi connectivity index (χ0v) is 19.2. The molecule has 0 heterocycles. The van der Waals surface area contributed by atoms with E-state index >= 15 is 0 Å². The van der Waals surface area contributed by atoms with Crippen molar-refractivity contribution in [3.05, 3.63) is 59.2 Å². The van der Waals surface area contributed by atoms with Crippen LogP contribution in [0.4, 0.5) is 0 Å². The largest absolute Gasteiger partial charge is 0.493 e. The van der Waals surface area contributed by atoms with Crippen LogP contribution in [0.25, 0.3) is 16.7 Å². The minimum atomic E-state index is -1.03. The lowest BCUT2D eigenvalue weighted by atomic mass is 9.62. The summed E-state index contributed by atoms with van der Waals surface area (Å²) < 4.78 is 5.81. The van der Waals surface area contributed by atoms with Gasteiger partial charge >= 0.3 is 5.97 Å². The molecular weight excluding hydrogens is 372 g/mol. The third-order valence-electron chi connectivity index (χ3n) is 6.53. The number of fused-ring (bicyclic) bond motifs is 1. The first-order valence-electron chi connectivity index (χ1n) is 10.8. The van der Waals surface area contributed by atoms with Crippen LogP contribution in [0.5, 0.6) is 5.75 Å². The van der Waals surface area contributed by atoms with E-state index in [1.165, 1.54) is 23.1 Å². The van der Waals surface area contributed by atoms with E-state index in [1.807, 2.05) is 25.1 Å². The highest BCUT2D eigenvalue weighted by Crippen LogP contribution is 2.48. The SMILES string of the molecule is C=C(C(=O)O)c1cc(-c2cc3c(cc2C)C(C)(C)CCC3(C)C)ccc1OCCC. The molecule has 1 aliphatic carbocycles. The minimum absolute atomic E-state index is 0.0556. The Balaban J connectivity index is 2.17. The molecule has 0 fully saturated rings. The van der Waals surface area contributed by atoms with Gasteiger partial charge in [0.1, 0.15) is 5.75 Å². The number of carbonyl (C=O) groups is 1. The Morgan fingerprint density at radius 2 is 1.67 bits per heavy atom. The second-order valence-electron chi connectivity index (χ2n) is 9.82. The van der Waals surface area contributed by atoms with E-state index in [-0.39, 0.29) is 16.4 Å². The number of aryl methyl sites for hydroxylation is 1. The number of ether oxygens (including phenoxy) is 1. The maximum absolute atomic E-state index is 11.6. The molecule has 1 N–H and O–H groups in total. The molecule has 0 bridgehead atoms. The molecule has 0 radical (unpaired) electrons. The molecule has 2 aromatic carbocycles. The lowest BCUT2D eigenvalue weighted by Gasteiger charge is -2.42. The molecule has 0 aromatic heterocycles. The number of carboxylic acid groups (broad SMARTS) is 1. The van der Waals surface area contributed by atoms with Gasteiger partial charge < -0.3 is 9.84 Å². The topological polar surface area (TPSA) is 46.5 Å². The van der Waals surface area contributed by atoms with Crippen LogP contribution in [-0.2, 0) is 15.6 Å². The number of carboxylic acids is 1. The normalized spacial score (nSPS) is 16.6. The number of rotatable bonds is 6. The Morgan fingerprint density at radius 3 is 2.23 bits per heavy atom. The van der Waals surface area contributed by atoms with Gasteiger partial charge in [-0.15, -0.1) is 0 Å². The van der Waals surface area contributed by atoms with Gasteiger partial charge in [-0.05, 0) is 77.0 Å². The van der Waals surface area contributed by atoms with Gasteiger partial charge in [0.15, 0.2) is 0 Å². The molecule has 0 aliphatic heterocycles. The molecule has 0 atom stereocenters. The zero-order chi connectivity index (χ0) is 22.3.